The Balaban J connectivity index is 2.73. The van der Waals surface area contributed by atoms with Gasteiger partial charge in [-0.05, 0) is 13.0 Å². The summed E-state index contributed by atoms with van der Waals surface area (Å²) >= 11 is 0. The van der Waals surface area contributed by atoms with Gasteiger partial charge < -0.3 is 20.3 Å². The molecular weight excluding hydrogens is 234 g/mol. The number of oxime groups is 1. The summed E-state index contributed by atoms with van der Waals surface area (Å²) < 4.78 is 5.24. The van der Waals surface area contributed by atoms with Gasteiger partial charge in [-0.1, -0.05) is 12.1 Å². The highest BCUT2D eigenvalue weighted by Crippen LogP contribution is 2.14. The summed E-state index contributed by atoms with van der Waals surface area (Å²) in [4.78, 5) is 13.9. The molecule has 0 atom stereocenters. The number of carbonyl (C=O) groups is 1. The first-order valence-electron chi connectivity index (χ1n) is 5.96. The summed E-state index contributed by atoms with van der Waals surface area (Å²) in [5.74, 6) is 0.709. The molecule has 1 amide bonds. The molecule has 1 aromatic heterocycles. The second-order valence-electron chi connectivity index (χ2n) is 3.84. The fourth-order valence-corrected chi connectivity index (χ4v) is 1.68. The third-order valence-electron chi connectivity index (χ3n) is 2.73. The predicted molar refractivity (Wildman–Crippen MR) is 67.7 cm³/mol. The van der Waals surface area contributed by atoms with Gasteiger partial charge in [0.1, 0.15) is 11.6 Å². The number of rotatable bonds is 6. The summed E-state index contributed by atoms with van der Waals surface area (Å²) in [7, 11) is 0. The van der Waals surface area contributed by atoms with Gasteiger partial charge in [-0.2, -0.15) is 0 Å². The highest BCUT2D eigenvalue weighted by Gasteiger charge is 2.19. The number of hydrogen-bond acceptors (Lipinski definition) is 4. The third kappa shape index (κ3) is 3.26. The highest BCUT2D eigenvalue weighted by atomic mass is 16.4. The predicted octanol–water partition coefficient (Wildman–Crippen LogP) is 1.44. The van der Waals surface area contributed by atoms with E-state index in [0.717, 1.165) is 0 Å². The van der Waals surface area contributed by atoms with E-state index in [0.29, 0.717) is 37.3 Å². The minimum atomic E-state index is -0.0890. The quantitative estimate of drug-likeness (QED) is 0.347. The van der Waals surface area contributed by atoms with Crippen molar-refractivity contribution in [1.82, 2.24) is 4.90 Å². The van der Waals surface area contributed by atoms with Gasteiger partial charge in [-0.3, -0.25) is 4.79 Å². The van der Waals surface area contributed by atoms with Crippen LogP contribution in [-0.2, 0) is 6.42 Å². The van der Waals surface area contributed by atoms with Gasteiger partial charge in [-0.15, -0.1) is 0 Å². The first kappa shape index (κ1) is 14.1. The molecule has 0 spiro atoms. The fourth-order valence-electron chi connectivity index (χ4n) is 1.68. The van der Waals surface area contributed by atoms with Crippen molar-refractivity contribution in [3.8, 4) is 0 Å². The van der Waals surface area contributed by atoms with Crippen LogP contribution in [0.2, 0.25) is 0 Å². The number of nitrogens with two attached hydrogens (primary N) is 1. The monoisotopic (exact) mass is 253 g/mol. The van der Waals surface area contributed by atoms with Crippen LogP contribution in [0.25, 0.3) is 0 Å². The van der Waals surface area contributed by atoms with E-state index in [4.69, 9.17) is 15.4 Å². The number of nitrogens with zero attached hydrogens (tertiary/aromatic N) is 2. The summed E-state index contributed by atoms with van der Waals surface area (Å²) in [6.07, 6.45) is 2.53. The normalized spacial score (nSPS) is 11.6. The molecular formula is C12H19N3O3. The van der Waals surface area contributed by atoms with E-state index in [2.05, 4.69) is 5.16 Å². The molecule has 0 saturated heterocycles. The lowest BCUT2D eigenvalue weighted by Crippen LogP contribution is -2.34. The van der Waals surface area contributed by atoms with E-state index in [1.54, 1.807) is 11.0 Å². The maximum atomic E-state index is 12.2. The molecule has 6 heteroatoms. The fraction of sp³-hybridized carbons (Fsp3) is 0.500. The minimum absolute atomic E-state index is 0.0890. The molecule has 18 heavy (non-hydrogen) atoms. The zero-order valence-corrected chi connectivity index (χ0v) is 10.7. The maximum absolute atomic E-state index is 12.2. The number of carbonyl (C=O) groups excluding carboxylic acids is 1. The topological polar surface area (TPSA) is 92.1 Å². The van der Waals surface area contributed by atoms with Gasteiger partial charge in [0.25, 0.3) is 5.91 Å². The van der Waals surface area contributed by atoms with E-state index in [9.17, 15) is 4.79 Å². The van der Waals surface area contributed by atoms with Crippen LogP contribution >= 0.6 is 0 Å². The summed E-state index contributed by atoms with van der Waals surface area (Å²) in [5, 5.41) is 11.4. The zero-order chi connectivity index (χ0) is 13.5. The lowest BCUT2D eigenvalue weighted by Gasteiger charge is -2.20. The average Bonchev–Trinajstić information content (AvgIpc) is 2.86. The molecule has 100 valence electrons. The van der Waals surface area contributed by atoms with E-state index in [1.165, 1.54) is 6.26 Å². The Morgan fingerprint density at radius 2 is 2.28 bits per heavy atom. The lowest BCUT2D eigenvalue weighted by atomic mass is 10.2. The second-order valence-corrected chi connectivity index (χ2v) is 3.84. The van der Waals surface area contributed by atoms with Crippen LogP contribution < -0.4 is 5.73 Å². The Morgan fingerprint density at radius 3 is 2.83 bits per heavy atom. The Bertz CT molecular complexity index is 426. The molecule has 0 unspecified atom stereocenters. The van der Waals surface area contributed by atoms with Gasteiger partial charge in [0.2, 0.25) is 0 Å². The molecule has 0 fully saturated rings. The smallest absolute Gasteiger partial charge is 0.257 e. The first-order valence-corrected chi connectivity index (χ1v) is 5.96. The number of hydrogen-bond donors (Lipinski definition) is 2. The van der Waals surface area contributed by atoms with Gasteiger partial charge in [0.05, 0.1) is 11.8 Å². The van der Waals surface area contributed by atoms with E-state index in [1.807, 2.05) is 13.8 Å². The van der Waals surface area contributed by atoms with Crippen LogP contribution in [0.3, 0.4) is 0 Å². The maximum Gasteiger partial charge on any atom is 0.257 e. The molecule has 0 saturated carbocycles. The molecule has 0 bridgehead atoms. The molecule has 0 aliphatic carbocycles. The minimum Gasteiger partial charge on any atom is -0.469 e. The Labute approximate surface area is 106 Å². The van der Waals surface area contributed by atoms with Crippen molar-refractivity contribution in [2.24, 2.45) is 10.9 Å². The zero-order valence-electron chi connectivity index (χ0n) is 10.7. The largest absolute Gasteiger partial charge is 0.469 e. The molecule has 0 radical (unpaired) electrons. The number of amides is 1. The average molecular weight is 253 g/mol. The Morgan fingerprint density at radius 1 is 1.56 bits per heavy atom. The van der Waals surface area contributed by atoms with Crippen molar-refractivity contribution in [2.45, 2.75) is 26.7 Å². The number of amidine groups is 1. The Kier molecular flexibility index (Phi) is 5.23. The van der Waals surface area contributed by atoms with Crippen molar-refractivity contribution in [1.29, 1.82) is 0 Å². The van der Waals surface area contributed by atoms with Crippen LogP contribution in [0.1, 0.15) is 36.4 Å². The lowest BCUT2D eigenvalue weighted by molar-refractivity contribution is 0.0766. The molecule has 6 nitrogen and oxygen atoms in total. The van der Waals surface area contributed by atoms with Gasteiger partial charge in [0.15, 0.2) is 0 Å². The Hall–Kier alpha value is -1.98. The van der Waals surface area contributed by atoms with Gasteiger partial charge >= 0.3 is 0 Å². The van der Waals surface area contributed by atoms with Crippen molar-refractivity contribution in [3.63, 3.8) is 0 Å². The highest BCUT2D eigenvalue weighted by molar-refractivity contribution is 5.95. The standard InChI is InChI=1S/C12H19N3O3/c1-3-10-9(6-8-18-10)12(16)15(4-2)7-5-11(13)14-17/h6,8,17H,3-5,7H2,1-2H3,(H2,13,14). The summed E-state index contributed by atoms with van der Waals surface area (Å²) in [6, 6.07) is 1.67. The number of aryl methyl sites for hydroxylation is 1. The van der Waals surface area contributed by atoms with Crippen LogP contribution in [-0.4, -0.2) is 34.9 Å². The van der Waals surface area contributed by atoms with Crippen molar-refractivity contribution in [3.05, 3.63) is 23.7 Å². The van der Waals surface area contributed by atoms with Crippen LogP contribution in [0, 0.1) is 0 Å². The molecule has 0 aliphatic heterocycles. The summed E-state index contributed by atoms with van der Waals surface area (Å²) in [5.41, 5.74) is 5.98. The van der Waals surface area contributed by atoms with Crippen LogP contribution in [0.4, 0.5) is 0 Å². The molecule has 0 aliphatic rings. The molecule has 0 aromatic carbocycles. The summed E-state index contributed by atoms with van der Waals surface area (Å²) in [6.45, 7) is 4.80. The third-order valence-corrected chi connectivity index (χ3v) is 2.73. The van der Waals surface area contributed by atoms with Gasteiger partial charge in [-0.25, -0.2) is 0 Å². The second kappa shape index (κ2) is 6.68. The van der Waals surface area contributed by atoms with E-state index >= 15 is 0 Å². The van der Waals surface area contributed by atoms with Gasteiger partial charge in [0, 0.05) is 25.9 Å². The van der Waals surface area contributed by atoms with Crippen LogP contribution in [0.15, 0.2) is 21.9 Å². The van der Waals surface area contributed by atoms with Crippen LogP contribution in [0.5, 0.6) is 0 Å². The molecule has 3 N–H and O–H groups in total. The SMILES string of the molecule is CCc1occc1C(=O)N(CC)CC/C(N)=N/O. The first-order chi connectivity index (χ1) is 8.63. The van der Waals surface area contributed by atoms with E-state index in [-0.39, 0.29) is 11.7 Å². The number of furan rings is 1. The molecule has 1 heterocycles. The molecule has 1 aromatic rings. The van der Waals surface area contributed by atoms with E-state index < -0.39 is 0 Å². The van der Waals surface area contributed by atoms with Crippen molar-refractivity contribution >= 4 is 11.7 Å². The van der Waals surface area contributed by atoms with Crippen molar-refractivity contribution < 1.29 is 14.4 Å². The van der Waals surface area contributed by atoms with Crippen molar-refractivity contribution in [2.75, 3.05) is 13.1 Å². The molecule has 1 rings (SSSR count).